The Labute approximate surface area is 79.7 Å². The Bertz CT molecular complexity index is 487. The number of aromatic amines is 1. The van der Waals surface area contributed by atoms with Gasteiger partial charge < -0.3 is 5.73 Å². The van der Waals surface area contributed by atoms with E-state index in [1.807, 2.05) is 24.3 Å². The Hall–Kier alpha value is -1.88. The van der Waals surface area contributed by atoms with Crippen molar-refractivity contribution in [1.82, 2.24) is 5.27 Å². The monoisotopic (exact) mass is 192 g/mol. The van der Waals surface area contributed by atoms with Crippen LogP contribution in [0, 0.1) is 0 Å². The van der Waals surface area contributed by atoms with E-state index in [2.05, 4.69) is 9.79 Å². The molecule has 5 heteroatoms. The molecular weight excluding hydrogens is 182 g/mol. The number of H-pyrrole nitrogens is 1. The lowest BCUT2D eigenvalue weighted by Gasteiger charge is -1.94. The topological polar surface area (TPSA) is 75.9 Å². The summed E-state index contributed by atoms with van der Waals surface area (Å²) in [5.41, 5.74) is 6.90. The molecule has 1 aromatic carbocycles. The average molecular weight is 192 g/mol. The summed E-state index contributed by atoms with van der Waals surface area (Å²) in [5, 5.41) is 2.46. The standard InChI is InChI=1S/C9H9N3O2/c10-5-7-2-1-3-8(4-7)12-6-9(13)14-11-12/h1-4,6H,5,10H2/p+1. The number of aromatic nitrogens is 2. The Kier molecular flexibility index (Phi) is 2.16. The first-order valence-corrected chi connectivity index (χ1v) is 4.19. The molecule has 0 aliphatic heterocycles. The molecule has 0 saturated heterocycles. The van der Waals surface area contributed by atoms with E-state index in [1.54, 1.807) is 0 Å². The molecule has 14 heavy (non-hydrogen) atoms. The molecule has 5 nitrogen and oxygen atoms in total. The lowest BCUT2D eigenvalue weighted by atomic mass is 10.2. The number of nitrogens with two attached hydrogens (primary N) is 1. The summed E-state index contributed by atoms with van der Waals surface area (Å²) in [7, 11) is 0. The highest BCUT2D eigenvalue weighted by Gasteiger charge is 2.09. The molecule has 0 aliphatic carbocycles. The fraction of sp³-hybridized carbons (Fsp3) is 0.111. The first-order chi connectivity index (χ1) is 6.79. The minimum atomic E-state index is -0.414. The fourth-order valence-corrected chi connectivity index (χ4v) is 1.21. The van der Waals surface area contributed by atoms with E-state index < -0.39 is 5.63 Å². The summed E-state index contributed by atoms with van der Waals surface area (Å²) in [5.74, 6) is 0. The summed E-state index contributed by atoms with van der Waals surface area (Å²) in [6, 6.07) is 7.52. The first-order valence-electron chi connectivity index (χ1n) is 4.19. The minimum absolute atomic E-state index is 0.414. The molecule has 0 atom stereocenters. The van der Waals surface area contributed by atoms with Crippen molar-refractivity contribution in [3.8, 4) is 5.69 Å². The highest BCUT2D eigenvalue weighted by Crippen LogP contribution is 2.02. The number of hydrogen-bond acceptors (Lipinski definition) is 3. The zero-order valence-electron chi connectivity index (χ0n) is 7.43. The van der Waals surface area contributed by atoms with Crippen LogP contribution >= 0.6 is 0 Å². The van der Waals surface area contributed by atoms with Crippen molar-refractivity contribution in [2.75, 3.05) is 0 Å². The molecule has 0 amide bonds. The molecule has 0 aliphatic rings. The van der Waals surface area contributed by atoms with E-state index in [1.165, 1.54) is 10.9 Å². The number of nitrogens with zero attached hydrogens (tertiary/aromatic N) is 1. The molecule has 3 N–H and O–H groups in total. The Morgan fingerprint density at radius 3 is 3.00 bits per heavy atom. The van der Waals surface area contributed by atoms with Gasteiger partial charge in [0.2, 0.25) is 5.69 Å². The van der Waals surface area contributed by atoms with Crippen LogP contribution in [0.25, 0.3) is 5.69 Å². The van der Waals surface area contributed by atoms with E-state index in [0.29, 0.717) is 6.54 Å². The Morgan fingerprint density at radius 2 is 2.36 bits per heavy atom. The second kappa shape index (κ2) is 3.47. The summed E-state index contributed by atoms with van der Waals surface area (Å²) in [6.07, 6.45) is 1.33. The summed E-state index contributed by atoms with van der Waals surface area (Å²) in [4.78, 5) is 10.8. The van der Waals surface area contributed by atoms with Crippen molar-refractivity contribution in [3.63, 3.8) is 0 Å². The summed E-state index contributed by atoms with van der Waals surface area (Å²) >= 11 is 0. The molecular formula is C9H10N3O2+. The molecule has 0 radical (unpaired) electrons. The van der Waals surface area contributed by atoms with Crippen LogP contribution in [0.4, 0.5) is 0 Å². The molecule has 0 spiro atoms. The molecule has 1 heterocycles. The van der Waals surface area contributed by atoms with Crippen LogP contribution in [0.15, 0.2) is 39.8 Å². The van der Waals surface area contributed by atoms with Crippen LogP contribution < -0.4 is 16.0 Å². The first kappa shape index (κ1) is 8.71. The van der Waals surface area contributed by atoms with Crippen molar-refractivity contribution in [3.05, 3.63) is 46.4 Å². The second-order valence-electron chi connectivity index (χ2n) is 2.89. The fourth-order valence-electron chi connectivity index (χ4n) is 1.21. The van der Waals surface area contributed by atoms with Crippen molar-refractivity contribution < 1.29 is 9.20 Å². The Balaban J connectivity index is 2.46. The van der Waals surface area contributed by atoms with Crippen LogP contribution in [0.1, 0.15) is 5.56 Å². The van der Waals surface area contributed by atoms with Crippen molar-refractivity contribution in [2.45, 2.75) is 6.54 Å². The van der Waals surface area contributed by atoms with Crippen LogP contribution in [0.3, 0.4) is 0 Å². The number of rotatable bonds is 2. The summed E-state index contributed by atoms with van der Waals surface area (Å²) in [6.45, 7) is 0.469. The third-order valence-electron chi connectivity index (χ3n) is 1.90. The average Bonchev–Trinajstić information content (AvgIpc) is 2.65. The van der Waals surface area contributed by atoms with E-state index >= 15 is 0 Å². The molecule has 1 aromatic heterocycles. The maximum absolute atomic E-state index is 10.8. The molecule has 0 unspecified atom stereocenters. The zero-order valence-corrected chi connectivity index (χ0v) is 7.43. The van der Waals surface area contributed by atoms with E-state index in [4.69, 9.17) is 5.73 Å². The molecule has 0 saturated carbocycles. The van der Waals surface area contributed by atoms with E-state index in [-0.39, 0.29) is 0 Å². The number of nitrogens with one attached hydrogen (secondary N) is 1. The van der Waals surface area contributed by atoms with Gasteiger partial charge in [-0.05, 0) is 15.5 Å². The summed E-state index contributed by atoms with van der Waals surface area (Å²) < 4.78 is 6.05. The zero-order chi connectivity index (χ0) is 9.97. The van der Waals surface area contributed by atoms with Gasteiger partial charge in [-0.1, -0.05) is 12.1 Å². The molecule has 72 valence electrons. The largest absolute Gasteiger partial charge is 0.427 e. The Morgan fingerprint density at radius 1 is 1.50 bits per heavy atom. The van der Waals surface area contributed by atoms with Gasteiger partial charge >= 0.3 is 5.63 Å². The van der Waals surface area contributed by atoms with E-state index in [9.17, 15) is 4.79 Å². The van der Waals surface area contributed by atoms with Crippen molar-refractivity contribution in [2.24, 2.45) is 5.73 Å². The molecule has 2 rings (SSSR count). The van der Waals surface area contributed by atoms with Gasteiger partial charge in [-0.3, -0.25) is 4.52 Å². The lowest BCUT2D eigenvalue weighted by molar-refractivity contribution is -0.670. The van der Waals surface area contributed by atoms with Crippen molar-refractivity contribution in [1.29, 1.82) is 0 Å². The van der Waals surface area contributed by atoms with E-state index in [0.717, 1.165) is 11.3 Å². The predicted molar refractivity (Wildman–Crippen MR) is 48.8 cm³/mol. The van der Waals surface area contributed by atoms with Crippen LogP contribution in [0.2, 0.25) is 0 Å². The van der Waals surface area contributed by atoms with Gasteiger partial charge in [-0.15, -0.1) is 0 Å². The molecule has 0 fully saturated rings. The van der Waals surface area contributed by atoms with Gasteiger partial charge in [0.25, 0.3) is 6.20 Å². The normalized spacial score (nSPS) is 10.4. The second-order valence-corrected chi connectivity index (χ2v) is 2.89. The highest BCUT2D eigenvalue weighted by atomic mass is 16.5. The van der Waals surface area contributed by atoms with Crippen LogP contribution in [-0.4, -0.2) is 5.27 Å². The van der Waals surface area contributed by atoms with Gasteiger partial charge in [-0.25, -0.2) is 4.79 Å². The maximum Gasteiger partial charge on any atom is 0.427 e. The minimum Gasteiger partial charge on any atom is -0.326 e. The maximum atomic E-state index is 10.8. The van der Waals surface area contributed by atoms with Gasteiger partial charge in [0.1, 0.15) is 0 Å². The number of hydrogen-bond donors (Lipinski definition) is 2. The van der Waals surface area contributed by atoms with Gasteiger partial charge in [0, 0.05) is 18.7 Å². The van der Waals surface area contributed by atoms with Crippen LogP contribution in [0.5, 0.6) is 0 Å². The smallest absolute Gasteiger partial charge is 0.326 e. The number of benzene rings is 1. The third kappa shape index (κ3) is 1.57. The molecule has 0 bridgehead atoms. The quantitative estimate of drug-likeness (QED) is 0.641. The van der Waals surface area contributed by atoms with Gasteiger partial charge in [0.15, 0.2) is 0 Å². The lowest BCUT2D eigenvalue weighted by Crippen LogP contribution is -2.32. The van der Waals surface area contributed by atoms with Gasteiger partial charge in [-0.2, -0.15) is 0 Å². The van der Waals surface area contributed by atoms with Crippen molar-refractivity contribution >= 4 is 0 Å². The third-order valence-corrected chi connectivity index (χ3v) is 1.90. The SMILES string of the molecule is NCc1cccc(-[n+]2cc(=O)o[nH]2)c1. The van der Waals surface area contributed by atoms with Crippen LogP contribution in [-0.2, 0) is 6.54 Å². The molecule has 2 aromatic rings. The highest BCUT2D eigenvalue weighted by molar-refractivity contribution is 5.27. The van der Waals surface area contributed by atoms with Gasteiger partial charge in [0.05, 0.1) is 0 Å². The predicted octanol–water partition coefficient (Wildman–Crippen LogP) is -0.297.